The van der Waals surface area contributed by atoms with Gasteiger partial charge in [0.05, 0.1) is 5.41 Å². The van der Waals surface area contributed by atoms with Gasteiger partial charge in [0.15, 0.2) is 13.2 Å². The third-order valence-electron chi connectivity index (χ3n) is 2.52. The van der Waals surface area contributed by atoms with E-state index in [1.807, 2.05) is 0 Å². The van der Waals surface area contributed by atoms with Gasteiger partial charge in [0.25, 0.3) is 0 Å². The van der Waals surface area contributed by atoms with Gasteiger partial charge in [0.1, 0.15) is 0 Å². The molecule has 0 heterocycles. The number of esters is 2. The zero-order valence-corrected chi connectivity index (χ0v) is 16.5. The summed E-state index contributed by atoms with van der Waals surface area (Å²) in [5, 5.41) is 0. The Morgan fingerprint density at radius 3 is 1.56 bits per heavy atom. The number of nitrogens with one attached hydrogen (secondary N) is 1. The molecule has 13 heteroatoms. The zero-order valence-electron chi connectivity index (χ0n) is 15.4. The Morgan fingerprint density at radius 2 is 1.30 bits per heavy atom. The van der Waals surface area contributed by atoms with Crippen LogP contribution in [0.3, 0.4) is 0 Å². The minimum absolute atomic E-state index is 0. The van der Waals surface area contributed by atoms with Crippen molar-refractivity contribution >= 4 is 36.4 Å². The summed E-state index contributed by atoms with van der Waals surface area (Å²) in [6.07, 6.45) is -8.46. The summed E-state index contributed by atoms with van der Waals surface area (Å²) in [6.45, 7) is 6.14. The first-order valence-corrected chi connectivity index (χ1v) is 7.52. The standard InChI is InChI=1S/C8H13F3O2.C6H7F3O2.Al.B.HN/c1-4-7(2,3)6(12)13-5-8(9,10)11;1-4(2)5(10)11-3-6(7,8)9;;;/h4-5H2,1-3H3;1,3H2,2H3;;;1H. The van der Waals surface area contributed by atoms with Gasteiger partial charge in [-0.05, 0) is 27.2 Å². The van der Waals surface area contributed by atoms with E-state index in [9.17, 15) is 35.9 Å². The number of hydrogen-bond acceptors (Lipinski definition) is 5. The van der Waals surface area contributed by atoms with Crippen molar-refractivity contribution in [1.82, 2.24) is 0 Å². The quantitative estimate of drug-likeness (QED) is 0.319. The summed E-state index contributed by atoms with van der Waals surface area (Å²) in [5.41, 5.74) is -0.889. The van der Waals surface area contributed by atoms with Crippen molar-refractivity contribution in [3.8, 4) is 0 Å². The molecular weight excluding hydrogens is 398 g/mol. The predicted molar refractivity (Wildman–Crippen MR) is 87.1 cm³/mol. The molecule has 0 aromatic rings. The molecule has 27 heavy (non-hydrogen) atoms. The molecule has 0 amide bonds. The van der Waals surface area contributed by atoms with Crippen LogP contribution in [-0.4, -0.2) is 62.0 Å². The first-order valence-electron chi connectivity index (χ1n) is 6.94. The average Bonchev–Trinajstić information content (AvgIpc) is 2.51. The molecule has 154 valence electrons. The summed E-state index contributed by atoms with van der Waals surface area (Å²) in [4.78, 5) is 21.4. The molecule has 0 spiro atoms. The van der Waals surface area contributed by atoms with Crippen molar-refractivity contribution in [2.45, 2.75) is 46.5 Å². The average molecular weight is 419 g/mol. The van der Waals surface area contributed by atoms with E-state index in [1.165, 1.54) is 6.92 Å². The Morgan fingerprint density at radius 1 is 0.963 bits per heavy atom. The van der Waals surface area contributed by atoms with Crippen LogP contribution >= 0.6 is 0 Å². The van der Waals surface area contributed by atoms with Crippen molar-refractivity contribution < 1.29 is 45.4 Å². The van der Waals surface area contributed by atoms with Crippen molar-refractivity contribution in [3.05, 3.63) is 12.2 Å². The summed E-state index contributed by atoms with van der Waals surface area (Å²) in [6, 6.07) is 0. The maximum atomic E-state index is 11.6. The minimum atomic E-state index is -4.47. The monoisotopic (exact) mass is 419 g/mol. The van der Waals surface area contributed by atoms with Crippen molar-refractivity contribution in [2.75, 3.05) is 13.2 Å². The van der Waals surface area contributed by atoms with E-state index in [0.717, 1.165) is 0 Å². The second-order valence-corrected chi connectivity index (χ2v) is 5.40. The molecule has 0 saturated carbocycles. The molecule has 0 aromatic carbocycles. The normalized spacial score (nSPS) is 10.7. The van der Waals surface area contributed by atoms with Crippen LogP contribution in [0.1, 0.15) is 34.1 Å². The molecule has 0 unspecified atom stereocenters. The molecule has 0 aliphatic rings. The number of alkyl halides is 6. The number of ether oxygens (including phenoxy) is 2. The summed E-state index contributed by atoms with van der Waals surface area (Å²) >= 11 is 1.67. The van der Waals surface area contributed by atoms with Gasteiger partial charge in [-0.25, -0.2) is 4.79 Å². The molecule has 0 aliphatic carbocycles. The number of carbonyl (C=O) groups is 2. The fraction of sp³-hybridized carbons (Fsp3) is 0.714. The molecular formula is C14H21AlBF6NO4. The fourth-order valence-corrected chi connectivity index (χ4v) is 0.758. The van der Waals surface area contributed by atoms with Gasteiger partial charge in [-0.2, -0.15) is 26.3 Å². The van der Waals surface area contributed by atoms with Gasteiger partial charge < -0.3 is 9.47 Å². The zero-order chi connectivity index (χ0) is 21.8. The number of carbonyl (C=O) groups excluding carboxylic acids is 2. The van der Waals surface area contributed by atoms with E-state index in [2.05, 4.69) is 16.1 Å². The van der Waals surface area contributed by atoms with E-state index in [-0.39, 0.29) is 14.0 Å². The Labute approximate surface area is 164 Å². The van der Waals surface area contributed by atoms with Gasteiger partial charge in [-0.1, -0.05) is 13.5 Å². The first kappa shape index (κ1) is 33.3. The summed E-state index contributed by atoms with van der Waals surface area (Å²) < 4.78 is 82.6. The molecule has 0 fully saturated rings. The van der Waals surface area contributed by atoms with E-state index in [0.29, 0.717) is 6.42 Å². The Kier molecular flexibility index (Phi) is 18.1. The van der Waals surface area contributed by atoms with Gasteiger partial charge in [0, 0.05) is 14.0 Å². The molecule has 0 rings (SSSR count). The molecule has 5 nitrogen and oxygen atoms in total. The Balaban J connectivity index is -0.000000175. The molecule has 0 aliphatic heterocycles. The number of halogens is 6. The number of rotatable bonds is 5. The van der Waals surface area contributed by atoms with E-state index in [1.54, 1.807) is 36.9 Å². The topological polar surface area (TPSA) is 76.5 Å². The van der Waals surface area contributed by atoms with Crippen LogP contribution in [-0.2, 0) is 19.1 Å². The van der Waals surface area contributed by atoms with Crippen molar-refractivity contribution in [3.63, 3.8) is 0 Å². The summed E-state index contributed by atoms with van der Waals surface area (Å²) in [7, 11) is 0. The van der Waals surface area contributed by atoms with E-state index >= 15 is 0 Å². The second-order valence-electron chi connectivity index (χ2n) is 5.40. The van der Waals surface area contributed by atoms with Crippen molar-refractivity contribution in [1.29, 1.82) is 4.35 Å². The van der Waals surface area contributed by atoms with Crippen molar-refractivity contribution in [2.24, 2.45) is 5.41 Å². The molecule has 0 atom stereocenters. The van der Waals surface area contributed by atoms with Gasteiger partial charge in [-0.3, -0.25) is 4.79 Å². The molecule has 0 aromatic heterocycles. The van der Waals surface area contributed by atoms with Gasteiger partial charge in [0.2, 0.25) is 0 Å². The molecule has 0 bridgehead atoms. The fourth-order valence-electron chi connectivity index (χ4n) is 0.758. The molecule has 1 N–H and O–H groups in total. The van der Waals surface area contributed by atoms with Crippen LogP contribution in [0.25, 0.3) is 0 Å². The van der Waals surface area contributed by atoms with Crippen LogP contribution in [0.2, 0.25) is 0 Å². The van der Waals surface area contributed by atoms with Crippen LogP contribution in [0, 0.1) is 9.76 Å². The molecule has 0 saturated heterocycles. The predicted octanol–water partition coefficient (Wildman–Crippen LogP) is 3.73. The third kappa shape index (κ3) is 22.6. The van der Waals surface area contributed by atoms with E-state index < -0.39 is 42.9 Å². The second kappa shape index (κ2) is 14.7. The van der Waals surface area contributed by atoms with Gasteiger partial charge >= 0.3 is 44.7 Å². The van der Waals surface area contributed by atoms with Crippen LogP contribution < -0.4 is 0 Å². The Bertz CT molecular complexity index is 470. The molecule has 4 radical (unpaired) electrons. The van der Waals surface area contributed by atoms with Crippen LogP contribution in [0.15, 0.2) is 12.2 Å². The number of hydrogen-bond donors (Lipinski definition) is 1. The first-order chi connectivity index (χ1) is 11.5. The SMILES string of the molecule is C=C(C)C(=O)OCC(F)(F)F.CCC(C)(C)C(=O)OCC(F)(F)F.[B].[NH]=[Al]. The van der Waals surface area contributed by atoms with Crippen LogP contribution in [0.4, 0.5) is 26.3 Å². The van der Waals surface area contributed by atoms with Crippen LogP contribution in [0.5, 0.6) is 0 Å². The third-order valence-corrected chi connectivity index (χ3v) is 2.52. The van der Waals surface area contributed by atoms with E-state index in [4.69, 9.17) is 4.35 Å². The maximum absolute atomic E-state index is 11.6. The van der Waals surface area contributed by atoms with Gasteiger partial charge in [-0.15, -0.1) is 0 Å². The summed E-state index contributed by atoms with van der Waals surface area (Å²) in [5.74, 6) is -1.84. The Hall–Kier alpha value is -1.34.